The van der Waals surface area contributed by atoms with Crippen LogP contribution in [0.25, 0.3) is 22.3 Å². The first kappa shape index (κ1) is 25.4. The first-order valence-corrected chi connectivity index (χ1v) is 13.1. The molecule has 0 bridgehead atoms. The first-order chi connectivity index (χ1) is 19.4. The summed E-state index contributed by atoms with van der Waals surface area (Å²) in [7, 11) is 1.86. The van der Waals surface area contributed by atoms with Gasteiger partial charge >= 0.3 is 0 Å². The lowest BCUT2D eigenvalue weighted by Crippen LogP contribution is -2.31. The Morgan fingerprint density at radius 1 is 1.07 bits per heavy atom. The van der Waals surface area contributed by atoms with Crippen molar-refractivity contribution in [3.05, 3.63) is 84.3 Å². The van der Waals surface area contributed by atoms with Crippen molar-refractivity contribution in [1.29, 1.82) is 0 Å². The van der Waals surface area contributed by atoms with Crippen molar-refractivity contribution >= 4 is 34.2 Å². The van der Waals surface area contributed by atoms with Crippen LogP contribution in [0, 0.1) is 6.92 Å². The number of hydrogen-bond acceptors (Lipinski definition) is 7. The largest absolute Gasteiger partial charge is 0.339 e. The zero-order valence-electron chi connectivity index (χ0n) is 22.3. The van der Waals surface area contributed by atoms with E-state index in [1.54, 1.807) is 42.3 Å². The Hall–Kier alpha value is -4.90. The van der Waals surface area contributed by atoms with Crippen LogP contribution in [0.5, 0.6) is 0 Å². The molecule has 5 aromatic rings. The average molecular weight is 536 g/mol. The highest BCUT2D eigenvalue weighted by Crippen LogP contribution is 2.26. The summed E-state index contributed by atoms with van der Waals surface area (Å²) in [6.07, 6.45) is 9.58. The number of H-pyrrole nitrogens is 1. The van der Waals surface area contributed by atoms with Crippen LogP contribution in [0.1, 0.15) is 34.1 Å². The molecule has 0 aromatic carbocycles. The predicted octanol–water partition coefficient (Wildman–Crippen LogP) is 3.74. The Kier molecular flexibility index (Phi) is 6.79. The summed E-state index contributed by atoms with van der Waals surface area (Å²) in [6, 6.07) is 11.4. The third-order valence-corrected chi connectivity index (χ3v) is 7.11. The summed E-state index contributed by atoms with van der Waals surface area (Å²) in [5.41, 5.74) is 5.64. The molecule has 6 heterocycles. The van der Waals surface area contributed by atoms with E-state index in [1.807, 2.05) is 37.5 Å². The van der Waals surface area contributed by atoms with Crippen LogP contribution >= 0.6 is 0 Å². The number of carbonyl (C=O) groups is 2. The fourth-order valence-corrected chi connectivity index (χ4v) is 5.02. The van der Waals surface area contributed by atoms with Gasteiger partial charge in [0.2, 0.25) is 5.91 Å². The second-order valence-electron chi connectivity index (χ2n) is 10.1. The van der Waals surface area contributed by atoms with Gasteiger partial charge in [-0.2, -0.15) is 5.10 Å². The molecule has 1 fully saturated rings. The summed E-state index contributed by atoms with van der Waals surface area (Å²) in [5, 5.41) is 10.8. The van der Waals surface area contributed by atoms with Gasteiger partial charge in [-0.15, -0.1) is 0 Å². The highest BCUT2D eigenvalue weighted by atomic mass is 16.2. The molecule has 0 radical (unpaired) electrons. The SMILES string of the molecule is Cc1ncc(NC(=O)CN2CCC(c3ccccn3)C2)cc1NC(=O)c1cnc2[nH]c(-c3cnn(C)c3)cc2c1. The Balaban J connectivity index is 1.09. The zero-order chi connectivity index (χ0) is 27.6. The molecule has 3 N–H and O–H groups in total. The molecular formula is C29H29N9O2. The number of fused-ring (bicyclic) bond motifs is 1. The highest BCUT2D eigenvalue weighted by molar-refractivity contribution is 6.06. The molecule has 5 aromatic heterocycles. The van der Waals surface area contributed by atoms with Gasteiger partial charge in [0.25, 0.3) is 5.91 Å². The maximum atomic E-state index is 13.1. The Morgan fingerprint density at radius 2 is 1.98 bits per heavy atom. The van der Waals surface area contributed by atoms with Crippen molar-refractivity contribution in [2.45, 2.75) is 19.3 Å². The van der Waals surface area contributed by atoms with E-state index in [2.05, 4.69) is 40.6 Å². The van der Waals surface area contributed by atoms with Crippen LogP contribution in [-0.2, 0) is 11.8 Å². The molecule has 0 aliphatic carbocycles. The van der Waals surface area contributed by atoms with E-state index >= 15 is 0 Å². The van der Waals surface area contributed by atoms with Crippen LogP contribution in [0.4, 0.5) is 11.4 Å². The summed E-state index contributed by atoms with van der Waals surface area (Å²) < 4.78 is 1.73. The van der Waals surface area contributed by atoms with E-state index in [0.717, 1.165) is 41.8 Å². The number of anilines is 2. The number of aromatic nitrogens is 6. The molecule has 1 atom stereocenters. The highest BCUT2D eigenvalue weighted by Gasteiger charge is 2.26. The molecule has 1 unspecified atom stereocenters. The fraction of sp³-hybridized carbons (Fsp3) is 0.241. The van der Waals surface area contributed by atoms with Gasteiger partial charge in [-0.25, -0.2) is 4.98 Å². The molecule has 1 aliphatic rings. The molecule has 11 heteroatoms. The maximum absolute atomic E-state index is 13.1. The monoisotopic (exact) mass is 535 g/mol. The van der Waals surface area contributed by atoms with Crippen LogP contribution in [0.2, 0.25) is 0 Å². The number of rotatable bonds is 7. The number of aryl methyl sites for hydroxylation is 2. The lowest BCUT2D eigenvalue weighted by atomic mass is 10.0. The van der Waals surface area contributed by atoms with Crippen molar-refractivity contribution in [1.82, 2.24) is 34.6 Å². The van der Waals surface area contributed by atoms with Gasteiger partial charge in [-0.1, -0.05) is 6.07 Å². The Morgan fingerprint density at radius 3 is 2.77 bits per heavy atom. The number of pyridine rings is 3. The zero-order valence-corrected chi connectivity index (χ0v) is 22.3. The maximum Gasteiger partial charge on any atom is 0.257 e. The number of hydrogen-bond donors (Lipinski definition) is 3. The summed E-state index contributed by atoms with van der Waals surface area (Å²) >= 11 is 0. The van der Waals surface area contributed by atoms with E-state index in [9.17, 15) is 9.59 Å². The van der Waals surface area contributed by atoms with Crippen LogP contribution in [0.15, 0.2) is 67.4 Å². The number of amides is 2. The third kappa shape index (κ3) is 5.45. The lowest BCUT2D eigenvalue weighted by Gasteiger charge is -2.16. The van der Waals surface area contributed by atoms with Gasteiger partial charge < -0.3 is 15.6 Å². The topological polar surface area (TPSA) is 134 Å². The molecule has 1 aliphatic heterocycles. The molecule has 202 valence electrons. The number of carbonyl (C=O) groups excluding carboxylic acids is 2. The molecule has 6 rings (SSSR count). The molecule has 11 nitrogen and oxygen atoms in total. The third-order valence-electron chi connectivity index (χ3n) is 7.11. The molecule has 1 saturated heterocycles. The van der Waals surface area contributed by atoms with Crippen molar-refractivity contribution in [2.24, 2.45) is 7.05 Å². The molecule has 0 spiro atoms. The van der Waals surface area contributed by atoms with Crippen molar-refractivity contribution < 1.29 is 9.59 Å². The molecule has 40 heavy (non-hydrogen) atoms. The summed E-state index contributed by atoms with van der Waals surface area (Å²) in [6.45, 7) is 3.71. The van der Waals surface area contributed by atoms with Crippen molar-refractivity contribution in [3.63, 3.8) is 0 Å². The number of aromatic amines is 1. The van der Waals surface area contributed by atoms with Crippen LogP contribution in [-0.4, -0.2) is 66.1 Å². The molecule has 0 saturated carbocycles. The van der Waals surface area contributed by atoms with E-state index in [0.29, 0.717) is 34.2 Å². The van der Waals surface area contributed by atoms with Gasteiger partial charge in [0.05, 0.1) is 47.3 Å². The predicted molar refractivity (Wildman–Crippen MR) is 152 cm³/mol. The quantitative estimate of drug-likeness (QED) is 0.289. The Labute approximate surface area is 230 Å². The minimum absolute atomic E-state index is 0.129. The van der Waals surface area contributed by atoms with Crippen molar-refractivity contribution in [2.75, 3.05) is 30.3 Å². The average Bonchev–Trinajstić information content (AvgIpc) is 3.70. The second kappa shape index (κ2) is 10.7. The fourth-order valence-electron chi connectivity index (χ4n) is 5.02. The van der Waals surface area contributed by atoms with Gasteiger partial charge in [0.15, 0.2) is 0 Å². The second-order valence-corrected chi connectivity index (χ2v) is 10.1. The van der Waals surface area contributed by atoms with Gasteiger partial charge in [0.1, 0.15) is 5.65 Å². The standard InChI is InChI=1S/C29H29N9O2/c1-18-25(36-29(40)21-9-20-10-26(35-28(20)32-12-21)22-13-33-37(2)15-22)11-23(14-31-18)34-27(39)17-38-8-6-19(16-38)24-5-3-4-7-30-24/h3-5,7,9-15,19H,6,8,16-17H2,1-2H3,(H,32,35)(H,34,39)(H,36,40). The van der Waals surface area contributed by atoms with E-state index < -0.39 is 0 Å². The van der Waals surface area contributed by atoms with Crippen LogP contribution < -0.4 is 10.6 Å². The minimum Gasteiger partial charge on any atom is -0.339 e. The van der Waals surface area contributed by atoms with Gasteiger partial charge in [0, 0.05) is 54.7 Å². The normalized spacial score (nSPS) is 15.4. The number of nitrogens with zero attached hydrogens (tertiary/aromatic N) is 6. The molecule has 2 amide bonds. The lowest BCUT2D eigenvalue weighted by molar-refractivity contribution is -0.117. The van der Waals surface area contributed by atoms with E-state index in [4.69, 9.17) is 0 Å². The summed E-state index contributed by atoms with van der Waals surface area (Å²) in [5.74, 6) is -0.112. The van der Waals surface area contributed by atoms with Gasteiger partial charge in [-0.05, 0) is 50.2 Å². The van der Waals surface area contributed by atoms with Crippen LogP contribution in [0.3, 0.4) is 0 Å². The van der Waals surface area contributed by atoms with E-state index in [1.165, 1.54) is 6.20 Å². The summed E-state index contributed by atoms with van der Waals surface area (Å²) in [4.78, 5) is 44.5. The number of nitrogens with one attached hydrogen (secondary N) is 3. The minimum atomic E-state index is -0.315. The molecular weight excluding hydrogens is 506 g/mol. The van der Waals surface area contributed by atoms with Crippen molar-refractivity contribution in [3.8, 4) is 11.3 Å². The number of likely N-dealkylation sites (tertiary alicyclic amines) is 1. The Bertz CT molecular complexity index is 1690. The van der Waals surface area contributed by atoms with Gasteiger partial charge in [-0.3, -0.25) is 29.1 Å². The first-order valence-electron chi connectivity index (χ1n) is 13.1. The smallest absolute Gasteiger partial charge is 0.257 e. The van der Waals surface area contributed by atoms with E-state index in [-0.39, 0.29) is 18.4 Å².